The van der Waals surface area contributed by atoms with E-state index >= 15 is 0 Å². The van der Waals surface area contributed by atoms with Gasteiger partial charge < -0.3 is 9.64 Å². The zero-order valence-corrected chi connectivity index (χ0v) is 8.91. The third kappa shape index (κ3) is 2.39. The van der Waals surface area contributed by atoms with Gasteiger partial charge in [0.15, 0.2) is 5.75 Å². The second kappa shape index (κ2) is 4.86. The van der Waals surface area contributed by atoms with Crippen LogP contribution in [-0.4, -0.2) is 20.1 Å². The van der Waals surface area contributed by atoms with E-state index in [2.05, 4.69) is 0 Å². The number of anilines is 1. The van der Waals surface area contributed by atoms with Crippen LogP contribution in [0.4, 0.5) is 5.69 Å². The first-order chi connectivity index (χ1) is 6.69. The Bertz CT molecular complexity index is 328. The number of ether oxygens (including phenoxy) is 1. The molecule has 0 aromatic heterocycles. The van der Waals surface area contributed by atoms with Crippen molar-refractivity contribution in [1.82, 2.24) is 0 Å². The van der Waals surface area contributed by atoms with Crippen LogP contribution in [0.3, 0.4) is 0 Å². The first kappa shape index (κ1) is 10.9. The van der Waals surface area contributed by atoms with Gasteiger partial charge in [-0.15, -0.1) is 0 Å². The van der Waals surface area contributed by atoms with Crippen LogP contribution in [0.1, 0.15) is 6.92 Å². The highest BCUT2D eigenvalue weighted by Gasteiger charge is 2.07. The van der Waals surface area contributed by atoms with Gasteiger partial charge in [0.2, 0.25) is 0 Å². The number of carbonyl (C=O) groups excluding carboxylic acids is 1. The molecule has 1 rings (SSSR count). The van der Waals surface area contributed by atoms with E-state index in [1.807, 2.05) is 24.9 Å². The van der Waals surface area contributed by atoms with E-state index in [0.29, 0.717) is 17.2 Å². The highest BCUT2D eigenvalue weighted by Crippen LogP contribution is 2.30. The fourth-order valence-corrected chi connectivity index (χ4v) is 1.28. The molecule has 14 heavy (non-hydrogen) atoms. The summed E-state index contributed by atoms with van der Waals surface area (Å²) in [6.45, 7) is 3.24. The molecule has 0 aliphatic carbocycles. The third-order valence-electron chi connectivity index (χ3n) is 1.98. The van der Waals surface area contributed by atoms with Crippen LogP contribution in [0.25, 0.3) is 0 Å². The second-order valence-corrected chi connectivity index (χ2v) is 3.28. The Morgan fingerprint density at radius 1 is 1.57 bits per heavy atom. The van der Waals surface area contributed by atoms with Gasteiger partial charge in [-0.25, -0.2) is 0 Å². The summed E-state index contributed by atoms with van der Waals surface area (Å²) in [6.07, 6.45) is 0. The molecule has 0 saturated heterocycles. The largest absolute Gasteiger partial charge is 0.426 e. The predicted molar refractivity (Wildman–Crippen MR) is 57.1 cm³/mol. The Morgan fingerprint density at radius 3 is 2.86 bits per heavy atom. The third-order valence-corrected chi connectivity index (χ3v) is 2.22. The van der Waals surface area contributed by atoms with Crippen molar-refractivity contribution in [2.24, 2.45) is 0 Å². The van der Waals surface area contributed by atoms with Crippen LogP contribution in [0.5, 0.6) is 5.75 Å². The van der Waals surface area contributed by atoms with Gasteiger partial charge in [-0.2, -0.15) is 0 Å². The van der Waals surface area contributed by atoms with Crippen molar-refractivity contribution < 1.29 is 9.53 Å². The highest BCUT2D eigenvalue weighted by atomic mass is 35.5. The Kier molecular flexibility index (Phi) is 3.77. The fourth-order valence-electron chi connectivity index (χ4n) is 1.12. The van der Waals surface area contributed by atoms with Gasteiger partial charge in [-0.05, 0) is 19.1 Å². The van der Waals surface area contributed by atoms with Gasteiger partial charge in [0, 0.05) is 24.7 Å². The lowest BCUT2D eigenvalue weighted by atomic mass is 10.2. The van der Waals surface area contributed by atoms with E-state index in [4.69, 9.17) is 16.3 Å². The summed E-state index contributed by atoms with van der Waals surface area (Å²) < 4.78 is 4.83. The zero-order chi connectivity index (χ0) is 10.6. The Morgan fingerprint density at radius 2 is 2.29 bits per heavy atom. The van der Waals surface area contributed by atoms with Crippen molar-refractivity contribution >= 4 is 23.8 Å². The zero-order valence-electron chi connectivity index (χ0n) is 8.16. The first-order valence-corrected chi connectivity index (χ1v) is 4.67. The number of benzene rings is 1. The number of rotatable bonds is 4. The number of hydrogen-bond acceptors (Lipinski definition) is 3. The van der Waals surface area contributed by atoms with Crippen LogP contribution in [0.2, 0.25) is 5.02 Å². The molecule has 0 atom stereocenters. The molecule has 0 unspecified atom stereocenters. The lowest BCUT2D eigenvalue weighted by Gasteiger charge is -2.19. The van der Waals surface area contributed by atoms with E-state index in [1.54, 1.807) is 12.1 Å². The molecule has 0 aliphatic heterocycles. The van der Waals surface area contributed by atoms with Crippen LogP contribution < -0.4 is 9.64 Å². The maximum Gasteiger partial charge on any atom is 0.298 e. The lowest BCUT2D eigenvalue weighted by Crippen LogP contribution is -2.16. The molecule has 0 N–H and O–H groups in total. The maximum atomic E-state index is 10.3. The SMILES string of the molecule is CCN(C)c1ccc(Cl)cc1OC=O. The average molecular weight is 214 g/mol. The number of carbonyl (C=O) groups is 1. The summed E-state index contributed by atoms with van der Waals surface area (Å²) in [4.78, 5) is 12.2. The van der Waals surface area contributed by atoms with E-state index in [-0.39, 0.29) is 0 Å². The molecule has 0 bridgehead atoms. The molecule has 0 heterocycles. The summed E-state index contributed by atoms with van der Waals surface area (Å²) in [5.41, 5.74) is 0.851. The Balaban J connectivity index is 3.07. The van der Waals surface area contributed by atoms with Crippen molar-refractivity contribution in [2.45, 2.75) is 6.92 Å². The normalized spacial score (nSPS) is 9.64. The molecule has 1 aromatic rings. The summed E-state index contributed by atoms with van der Waals surface area (Å²) in [7, 11) is 1.92. The number of halogens is 1. The van der Waals surface area contributed by atoms with Crippen molar-refractivity contribution in [3.63, 3.8) is 0 Å². The van der Waals surface area contributed by atoms with Crippen LogP contribution in [0.15, 0.2) is 18.2 Å². The summed E-state index contributed by atoms with van der Waals surface area (Å²) in [5.74, 6) is 0.483. The molecule has 4 heteroatoms. The van der Waals surface area contributed by atoms with Crippen LogP contribution >= 0.6 is 11.6 Å². The minimum Gasteiger partial charge on any atom is -0.426 e. The van der Waals surface area contributed by atoms with Gasteiger partial charge >= 0.3 is 0 Å². The number of hydrogen-bond donors (Lipinski definition) is 0. The summed E-state index contributed by atoms with van der Waals surface area (Å²) in [5, 5.41) is 0.551. The minimum atomic E-state index is 0.401. The molecule has 3 nitrogen and oxygen atoms in total. The maximum absolute atomic E-state index is 10.3. The molecule has 1 aromatic carbocycles. The second-order valence-electron chi connectivity index (χ2n) is 2.84. The van der Waals surface area contributed by atoms with E-state index in [0.717, 1.165) is 12.2 Å². The van der Waals surface area contributed by atoms with Crippen molar-refractivity contribution in [2.75, 3.05) is 18.5 Å². The van der Waals surface area contributed by atoms with Gasteiger partial charge in [0.1, 0.15) is 0 Å². The minimum absolute atomic E-state index is 0.401. The van der Waals surface area contributed by atoms with Crippen LogP contribution in [0, 0.1) is 0 Å². The standard InChI is InChI=1S/C10H12ClNO2/c1-3-12(2)9-5-4-8(11)6-10(9)14-7-13/h4-7H,3H2,1-2H3. The molecule has 0 fully saturated rings. The molecule has 0 aliphatic rings. The van der Waals surface area contributed by atoms with Gasteiger partial charge in [-0.3, -0.25) is 4.79 Å². The monoisotopic (exact) mass is 213 g/mol. The molecule has 0 radical (unpaired) electrons. The molecule has 0 amide bonds. The van der Waals surface area contributed by atoms with E-state index in [1.165, 1.54) is 0 Å². The smallest absolute Gasteiger partial charge is 0.298 e. The highest BCUT2D eigenvalue weighted by molar-refractivity contribution is 6.30. The molecule has 0 spiro atoms. The molecular formula is C10H12ClNO2. The van der Waals surface area contributed by atoms with E-state index < -0.39 is 0 Å². The van der Waals surface area contributed by atoms with Gasteiger partial charge in [-0.1, -0.05) is 11.6 Å². The lowest BCUT2D eigenvalue weighted by molar-refractivity contribution is -0.120. The summed E-state index contributed by atoms with van der Waals surface area (Å²) >= 11 is 5.79. The van der Waals surface area contributed by atoms with Crippen molar-refractivity contribution in [3.8, 4) is 5.75 Å². The Labute approximate surface area is 88.2 Å². The Hall–Kier alpha value is -1.22. The fraction of sp³-hybridized carbons (Fsp3) is 0.300. The quantitative estimate of drug-likeness (QED) is 0.719. The number of nitrogens with zero attached hydrogens (tertiary/aromatic N) is 1. The predicted octanol–water partition coefficient (Wildman–Crippen LogP) is 2.33. The first-order valence-electron chi connectivity index (χ1n) is 4.30. The van der Waals surface area contributed by atoms with Gasteiger partial charge in [0.05, 0.1) is 5.69 Å². The topological polar surface area (TPSA) is 29.5 Å². The van der Waals surface area contributed by atoms with Gasteiger partial charge in [0.25, 0.3) is 6.47 Å². The van der Waals surface area contributed by atoms with Crippen molar-refractivity contribution in [1.29, 1.82) is 0 Å². The molecule has 76 valence electrons. The summed E-state index contributed by atoms with van der Waals surface area (Å²) in [6, 6.07) is 5.21. The average Bonchev–Trinajstić information content (AvgIpc) is 2.17. The van der Waals surface area contributed by atoms with Crippen molar-refractivity contribution in [3.05, 3.63) is 23.2 Å². The van der Waals surface area contributed by atoms with Crippen LogP contribution in [-0.2, 0) is 4.79 Å². The molecular weight excluding hydrogens is 202 g/mol. The van der Waals surface area contributed by atoms with E-state index in [9.17, 15) is 4.79 Å². The molecule has 0 saturated carbocycles.